The third-order valence-corrected chi connectivity index (χ3v) is 6.60. The fraction of sp³-hybridized carbons (Fsp3) is 0.417. The number of nitrogens with zero attached hydrogens (tertiary/aromatic N) is 3. The summed E-state index contributed by atoms with van der Waals surface area (Å²) in [7, 11) is 0. The average molecular weight is 480 g/mol. The number of hydrogen-bond acceptors (Lipinski definition) is 3. The maximum atomic E-state index is 13.0. The van der Waals surface area contributed by atoms with Gasteiger partial charge in [-0.1, -0.05) is 17.7 Å². The molecule has 2 heterocycles. The number of anilines is 1. The van der Waals surface area contributed by atoms with Gasteiger partial charge in [-0.15, -0.1) is 0 Å². The second-order valence-corrected chi connectivity index (χ2v) is 8.87. The SMILES string of the molecule is O=C(c1ccc(Cl)cc1)N1CCC(C(=O)N2CCN(c3cccc(C(F)(F)F)c3)CC2)CC1. The van der Waals surface area contributed by atoms with Gasteiger partial charge >= 0.3 is 6.18 Å². The van der Waals surface area contributed by atoms with Gasteiger partial charge in [0.2, 0.25) is 5.91 Å². The minimum Gasteiger partial charge on any atom is -0.368 e. The Balaban J connectivity index is 1.28. The summed E-state index contributed by atoms with van der Waals surface area (Å²) < 4.78 is 39.0. The van der Waals surface area contributed by atoms with Crippen molar-refractivity contribution in [3.05, 3.63) is 64.7 Å². The van der Waals surface area contributed by atoms with Crippen LogP contribution >= 0.6 is 11.6 Å². The molecule has 0 spiro atoms. The molecule has 2 aromatic rings. The van der Waals surface area contributed by atoms with Crippen LogP contribution in [0.4, 0.5) is 18.9 Å². The lowest BCUT2D eigenvalue weighted by molar-refractivity contribution is -0.138. The first kappa shape index (κ1) is 23.4. The van der Waals surface area contributed by atoms with Gasteiger partial charge in [0.1, 0.15) is 0 Å². The summed E-state index contributed by atoms with van der Waals surface area (Å²) in [5, 5.41) is 0.573. The zero-order valence-electron chi connectivity index (χ0n) is 18.0. The van der Waals surface area contributed by atoms with Crippen molar-refractivity contribution >= 4 is 29.1 Å². The quantitative estimate of drug-likeness (QED) is 0.648. The molecule has 2 fully saturated rings. The summed E-state index contributed by atoms with van der Waals surface area (Å²) in [5.74, 6) is -0.135. The number of carbonyl (C=O) groups excluding carboxylic acids is 2. The number of alkyl halides is 3. The molecule has 176 valence electrons. The Hall–Kier alpha value is -2.74. The molecular weight excluding hydrogens is 455 g/mol. The lowest BCUT2D eigenvalue weighted by Gasteiger charge is -2.39. The van der Waals surface area contributed by atoms with Crippen LogP contribution in [0.2, 0.25) is 5.02 Å². The van der Waals surface area contributed by atoms with Crippen molar-refractivity contribution in [1.29, 1.82) is 0 Å². The van der Waals surface area contributed by atoms with Crippen LogP contribution in [0.15, 0.2) is 48.5 Å². The second-order valence-electron chi connectivity index (χ2n) is 8.43. The molecule has 0 radical (unpaired) electrons. The van der Waals surface area contributed by atoms with Crippen molar-refractivity contribution < 1.29 is 22.8 Å². The number of carbonyl (C=O) groups is 2. The molecule has 0 atom stereocenters. The molecule has 2 aliphatic heterocycles. The summed E-state index contributed by atoms with van der Waals surface area (Å²) in [6, 6.07) is 12.1. The van der Waals surface area contributed by atoms with Gasteiger partial charge in [0.15, 0.2) is 0 Å². The van der Waals surface area contributed by atoms with Crippen molar-refractivity contribution in [2.75, 3.05) is 44.2 Å². The zero-order valence-corrected chi connectivity index (χ0v) is 18.8. The van der Waals surface area contributed by atoms with Crippen LogP contribution in [0.5, 0.6) is 0 Å². The van der Waals surface area contributed by atoms with E-state index in [0.717, 1.165) is 12.1 Å². The van der Waals surface area contributed by atoms with E-state index in [4.69, 9.17) is 11.6 Å². The first-order chi connectivity index (χ1) is 15.7. The van der Waals surface area contributed by atoms with Crippen molar-refractivity contribution in [3.63, 3.8) is 0 Å². The Morgan fingerprint density at radius 3 is 2.09 bits per heavy atom. The Kier molecular flexibility index (Phi) is 6.83. The van der Waals surface area contributed by atoms with Gasteiger partial charge in [-0.2, -0.15) is 13.2 Å². The van der Waals surface area contributed by atoms with E-state index in [-0.39, 0.29) is 17.7 Å². The third kappa shape index (κ3) is 5.43. The van der Waals surface area contributed by atoms with Crippen LogP contribution in [-0.2, 0) is 11.0 Å². The van der Waals surface area contributed by atoms with E-state index in [1.165, 1.54) is 6.07 Å². The number of rotatable bonds is 3. The topological polar surface area (TPSA) is 43.9 Å². The molecular formula is C24H25ClF3N3O2. The number of piperidine rings is 1. The van der Waals surface area contributed by atoms with Gasteiger partial charge in [0.25, 0.3) is 5.91 Å². The molecule has 0 aliphatic carbocycles. The highest BCUT2D eigenvalue weighted by molar-refractivity contribution is 6.30. The first-order valence-corrected chi connectivity index (χ1v) is 11.4. The van der Waals surface area contributed by atoms with E-state index >= 15 is 0 Å². The van der Waals surface area contributed by atoms with Gasteiger partial charge < -0.3 is 14.7 Å². The molecule has 33 heavy (non-hydrogen) atoms. The van der Waals surface area contributed by atoms with E-state index in [0.29, 0.717) is 68.4 Å². The van der Waals surface area contributed by atoms with Crippen molar-refractivity contribution in [3.8, 4) is 0 Å². The number of hydrogen-bond donors (Lipinski definition) is 0. The summed E-state index contributed by atoms with van der Waals surface area (Å²) >= 11 is 5.88. The fourth-order valence-corrected chi connectivity index (χ4v) is 4.55. The number of likely N-dealkylation sites (tertiary alicyclic amines) is 1. The van der Waals surface area contributed by atoms with Gasteiger partial charge in [0.05, 0.1) is 5.56 Å². The molecule has 2 aliphatic rings. The lowest BCUT2D eigenvalue weighted by Crippen LogP contribution is -2.52. The summed E-state index contributed by atoms with van der Waals surface area (Å²) in [6.07, 6.45) is -3.17. The standard InChI is InChI=1S/C24H25ClF3N3O2/c25-20-6-4-17(5-7-20)22(32)30-10-8-18(9-11-30)23(33)31-14-12-29(13-15-31)21-3-1-2-19(16-21)24(26,27)28/h1-7,16,18H,8-15H2. The number of piperazine rings is 1. The maximum Gasteiger partial charge on any atom is 0.416 e. The Morgan fingerprint density at radius 1 is 0.848 bits per heavy atom. The zero-order chi connectivity index (χ0) is 23.6. The minimum absolute atomic E-state index is 0.0627. The van der Waals surface area contributed by atoms with Crippen LogP contribution in [-0.4, -0.2) is 60.9 Å². The van der Waals surface area contributed by atoms with Crippen LogP contribution in [0.1, 0.15) is 28.8 Å². The Labute approximate surface area is 195 Å². The molecule has 0 unspecified atom stereocenters. The van der Waals surface area contributed by atoms with Gasteiger partial charge in [-0.3, -0.25) is 9.59 Å². The number of amides is 2. The van der Waals surface area contributed by atoms with E-state index in [2.05, 4.69) is 0 Å². The predicted molar refractivity (Wildman–Crippen MR) is 120 cm³/mol. The van der Waals surface area contributed by atoms with Gasteiger partial charge in [-0.05, 0) is 55.3 Å². The highest BCUT2D eigenvalue weighted by atomic mass is 35.5. The van der Waals surface area contributed by atoms with Gasteiger partial charge in [-0.25, -0.2) is 0 Å². The minimum atomic E-state index is -4.38. The van der Waals surface area contributed by atoms with Crippen molar-refractivity contribution in [2.45, 2.75) is 19.0 Å². The lowest BCUT2D eigenvalue weighted by atomic mass is 9.94. The van der Waals surface area contributed by atoms with Crippen LogP contribution in [0.25, 0.3) is 0 Å². The third-order valence-electron chi connectivity index (χ3n) is 6.35. The summed E-state index contributed by atoms with van der Waals surface area (Å²) in [4.78, 5) is 31.1. The average Bonchev–Trinajstić information content (AvgIpc) is 2.83. The normalized spacial score (nSPS) is 17.9. The molecule has 0 N–H and O–H groups in total. The largest absolute Gasteiger partial charge is 0.416 e. The monoisotopic (exact) mass is 479 g/mol. The molecule has 0 saturated carbocycles. The van der Waals surface area contributed by atoms with Crippen molar-refractivity contribution in [2.24, 2.45) is 5.92 Å². The van der Waals surface area contributed by atoms with Gasteiger partial charge in [0, 0.05) is 61.5 Å². The smallest absolute Gasteiger partial charge is 0.368 e. The number of benzene rings is 2. The molecule has 9 heteroatoms. The molecule has 2 amide bonds. The highest BCUT2D eigenvalue weighted by Crippen LogP contribution is 2.32. The fourth-order valence-electron chi connectivity index (χ4n) is 4.43. The predicted octanol–water partition coefficient (Wildman–Crippen LogP) is 4.56. The van der Waals surface area contributed by atoms with E-state index in [9.17, 15) is 22.8 Å². The molecule has 2 saturated heterocycles. The summed E-state index contributed by atoms with van der Waals surface area (Å²) in [6.45, 7) is 2.95. The molecule has 0 aromatic heterocycles. The van der Waals surface area contributed by atoms with E-state index < -0.39 is 11.7 Å². The highest BCUT2D eigenvalue weighted by Gasteiger charge is 2.33. The van der Waals surface area contributed by atoms with Crippen LogP contribution in [0, 0.1) is 5.92 Å². The second kappa shape index (κ2) is 9.63. The molecule has 0 bridgehead atoms. The van der Waals surface area contributed by atoms with Crippen LogP contribution in [0.3, 0.4) is 0 Å². The molecule has 4 rings (SSSR count). The Bertz CT molecular complexity index is 997. The van der Waals surface area contributed by atoms with E-state index in [1.54, 1.807) is 40.1 Å². The molecule has 2 aromatic carbocycles. The number of halogens is 4. The van der Waals surface area contributed by atoms with Crippen molar-refractivity contribution in [1.82, 2.24) is 9.80 Å². The van der Waals surface area contributed by atoms with E-state index in [1.807, 2.05) is 4.90 Å². The maximum absolute atomic E-state index is 13.0. The molecule has 5 nitrogen and oxygen atoms in total. The summed E-state index contributed by atoms with van der Waals surface area (Å²) in [5.41, 5.74) is 0.430. The van der Waals surface area contributed by atoms with Crippen LogP contribution < -0.4 is 4.90 Å². The first-order valence-electron chi connectivity index (χ1n) is 11.0. The Morgan fingerprint density at radius 2 is 1.48 bits per heavy atom.